The van der Waals surface area contributed by atoms with Crippen LogP contribution in [0.4, 0.5) is 5.82 Å². The van der Waals surface area contributed by atoms with Crippen LogP contribution in [0.5, 0.6) is 5.75 Å². The van der Waals surface area contributed by atoms with Gasteiger partial charge in [-0.1, -0.05) is 17.7 Å². The molecule has 0 unspecified atom stereocenters. The monoisotopic (exact) mass is 508 g/mol. The molecule has 3 heterocycles. The van der Waals surface area contributed by atoms with E-state index in [1.165, 1.54) is 0 Å². The molecule has 36 heavy (non-hydrogen) atoms. The predicted molar refractivity (Wildman–Crippen MR) is 139 cm³/mol. The number of benzene rings is 1. The number of hydrogen-bond acceptors (Lipinski definition) is 8. The Morgan fingerprint density at radius 1 is 1.25 bits per heavy atom. The van der Waals surface area contributed by atoms with Crippen molar-refractivity contribution in [2.24, 2.45) is 11.5 Å². The van der Waals surface area contributed by atoms with Gasteiger partial charge in [0.05, 0.1) is 34.8 Å². The minimum absolute atomic E-state index is 0.0431. The van der Waals surface area contributed by atoms with Crippen molar-refractivity contribution in [2.75, 3.05) is 12.4 Å². The maximum atomic E-state index is 12.9. The number of carbonyl (C=O) groups excluding carboxylic acids is 1. The number of nitrogens with zero attached hydrogens (tertiary/aromatic N) is 5. The highest BCUT2D eigenvalue weighted by Gasteiger charge is 2.44. The fourth-order valence-electron chi connectivity index (χ4n) is 5.11. The van der Waals surface area contributed by atoms with E-state index in [2.05, 4.69) is 25.6 Å². The molecule has 5 rings (SSSR count). The van der Waals surface area contributed by atoms with Gasteiger partial charge >= 0.3 is 0 Å². The van der Waals surface area contributed by atoms with E-state index >= 15 is 0 Å². The molecule has 1 aliphatic carbocycles. The summed E-state index contributed by atoms with van der Waals surface area (Å²) in [6, 6.07) is 5.64. The maximum Gasteiger partial charge on any atom is 0.229 e. The first-order valence-corrected chi connectivity index (χ1v) is 12.4. The van der Waals surface area contributed by atoms with Gasteiger partial charge in [0.25, 0.3) is 0 Å². The van der Waals surface area contributed by atoms with Crippen LogP contribution in [-0.4, -0.2) is 44.0 Å². The Labute approximate surface area is 213 Å². The summed E-state index contributed by atoms with van der Waals surface area (Å²) in [5.74, 6) is 0.762. The van der Waals surface area contributed by atoms with E-state index in [0.29, 0.717) is 61.1 Å². The van der Waals surface area contributed by atoms with Crippen molar-refractivity contribution in [3.05, 3.63) is 46.9 Å². The molecule has 1 fully saturated rings. The van der Waals surface area contributed by atoms with Crippen LogP contribution in [0.15, 0.2) is 30.6 Å². The van der Waals surface area contributed by atoms with Crippen LogP contribution in [0.3, 0.4) is 0 Å². The summed E-state index contributed by atoms with van der Waals surface area (Å²) in [7, 11) is 1.58. The standard InChI is InChI=1S/C25H29ClN8O2/c1-3-34-23-17(13-31-34)20-16(12-30-23)21(25(24(28)35)8-6-15(27)7-9-25)32-33-22(20)29-11-14-4-5-19(36-2)18(26)10-14/h4-5,10,12-13,15H,3,6-9,11,27H2,1-2H3,(H2,28,35)(H,29,33). The number of aryl methyl sites for hydroxylation is 1. The highest BCUT2D eigenvalue weighted by atomic mass is 35.5. The Morgan fingerprint density at radius 2 is 2.03 bits per heavy atom. The average molecular weight is 509 g/mol. The number of carbonyl (C=O) groups is 1. The zero-order chi connectivity index (χ0) is 25.4. The zero-order valence-electron chi connectivity index (χ0n) is 20.3. The molecule has 1 saturated carbocycles. The number of hydrogen-bond donors (Lipinski definition) is 3. The van der Waals surface area contributed by atoms with Gasteiger partial charge in [-0.2, -0.15) is 10.2 Å². The smallest absolute Gasteiger partial charge is 0.229 e. The molecule has 188 valence electrons. The summed E-state index contributed by atoms with van der Waals surface area (Å²) in [5, 5.41) is 19.9. The van der Waals surface area contributed by atoms with Gasteiger partial charge in [-0.05, 0) is 50.3 Å². The minimum atomic E-state index is -0.945. The normalized spacial score (nSPS) is 20.1. The van der Waals surface area contributed by atoms with Gasteiger partial charge in [-0.25, -0.2) is 9.67 Å². The molecule has 4 aromatic rings. The molecule has 10 nitrogen and oxygen atoms in total. The molecule has 5 N–H and O–H groups in total. The van der Waals surface area contributed by atoms with Crippen LogP contribution in [0, 0.1) is 0 Å². The van der Waals surface area contributed by atoms with E-state index in [-0.39, 0.29) is 6.04 Å². The second-order valence-electron chi connectivity index (χ2n) is 9.25. The van der Waals surface area contributed by atoms with Crippen molar-refractivity contribution in [3.8, 4) is 5.75 Å². The summed E-state index contributed by atoms with van der Waals surface area (Å²) >= 11 is 6.31. The molecule has 0 bridgehead atoms. The quantitative estimate of drug-likeness (QED) is 0.344. The molecule has 0 radical (unpaired) electrons. The summed E-state index contributed by atoms with van der Waals surface area (Å²) < 4.78 is 7.08. The minimum Gasteiger partial charge on any atom is -0.495 e. The lowest BCUT2D eigenvalue weighted by Crippen LogP contribution is -2.47. The van der Waals surface area contributed by atoms with E-state index in [0.717, 1.165) is 27.4 Å². The van der Waals surface area contributed by atoms with Gasteiger partial charge < -0.3 is 21.5 Å². The third kappa shape index (κ3) is 4.00. The Morgan fingerprint density at radius 3 is 2.69 bits per heavy atom. The van der Waals surface area contributed by atoms with Crippen molar-refractivity contribution in [3.63, 3.8) is 0 Å². The summed E-state index contributed by atoms with van der Waals surface area (Å²) in [6.07, 6.45) is 5.96. The zero-order valence-corrected chi connectivity index (χ0v) is 21.0. The molecule has 0 saturated heterocycles. The maximum absolute atomic E-state index is 12.9. The third-order valence-electron chi connectivity index (χ3n) is 7.19. The van der Waals surface area contributed by atoms with Gasteiger partial charge in [-0.15, -0.1) is 5.10 Å². The number of fused-ring (bicyclic) bond motifs is 3. The number of anilines is 1. The molecule has 1 amide bonds. The number of primary amides is 1. The molecule has 3 aromatic heterocycles. The van der Waals surface area contributed by atoms with E-state index in [4.69, 9.17) is 27.8 Å². The number of rotatable bonds is 7. The largest absolute Gasteiger partial charge is 0.495 e. The lowest BCUT2D eigenvalue weighted by atomic mass is 9.69. The van der Waals surface area contributed by atoms with Crippen molar-refractivity contribution in [1.82, 2.24) is 25.0 Å². The highest BCUT2D eigenvalue weighted by molar-refractivity contribution is 6.32. The number of halogens is 1. The number of pyridine rings is 1. The Bertz CT molecular complexity index is 1450. The topological polar surface area (TPSA) is 147 Å². The SMILES string of the molecule is CCn1ncc2c3c(NCc4ccc(OC)c(Cl)c4)nnc(C4(C(N)=O)CCC(N)CC4)c3cnc21. The third-order valence-corrected chi connectivity index (χ3v) is 7.49. The molecule has 0 spiro atoms. The second-order valence-corrected chi connectivity index (χ2v) is 9.66. The highest BCUT2D eigenvalue weighted by Crippen LogP contribution is 2.42. The molecular weight excluding hydrogens is 480 g/mol. The van der Waals surface area contributed by atoms with E-state index < -0.39 is 11.3 Å². The Kier molecular flexibility index (Phi) is 6.40. The predicted octanol–water partition coefficient (Wildman–Crippen LogP) is 3.29. The van der Waals surface area contributed by atoms with Crippen molar-refractivity contribution in [1.29, 1.82) is 0 Å². The second kappa shape index (κ2) is 9.51. The van der Waals surface area contributed by atoms with Crippen LogP contribution in [0.25, 0.3) is 21.8 Å². The van der Waals surface area contributed by atoms with Crippen LogP contribution in [-0.2, 0) is 23.3 Å². The number of methoxy groups -OCH3 is 1. The van der Waals surface area contributed by atoms with Gasteiger partial charge in [0.15, 0.2) is 11.5 Å². The van der Waals surface area contributed by atoms with Crippen molar-refractivity contribution >= 4 is 45.1 Å². The van der Waals surface area contributed by atoms with Gasteiger partial charge in [0.1, 0.15) is 5.75 Å². The van der Waals surface area contributed by atoms with Gasteiger partial charge in [-0.3, -0.25) is 4.79 Å². The van der Waals surface area contributed by atoms with Crippen LogP contribution in [0.2, 0.25) is 5.02 Å². The Balaban J connectivity index is 1.65. The number of amides is 1. The fraction of sp³-hybridized carbons (Fsp3) is 0.400. The summed E-state index contributed by atoms with van der Waals surface area (Å²) in [6.45, 7) is 3.13. The number of nitrogens with two attached hydrogens (primary N) is 2. The molecule has 1 aromatic carbocycles. The van der Waals surface area contributed by atoms with Gasteiger partial charge in [0, 0.05) is 36.1 Å². The van der Waals surface area contributed by atoms with Crippen LogP contribution >= 0.6 is 11.6 Å². The number of ether oxygens (including phenoxy) is 1. The van der Waals surface area contributed by atoms with Crippen molar-refractivity contribution in [2.45, 2.75) is 57.2 Å². The molecule has 0 atom stereocenters. The van der Waals surface area contributed by atoms with Crippen LogP contribution in [0.1, 0.15) is 43.9 Å². The molecule has 1 aliphatic rings. The summed E-state index contributed by atoms with van der Waals surface area (Å²) in [5.41, 5.74) is 13.4. The number of nitrogens with one attached hydrogen (secondary N) is 1. The van der Waals surface area contributed by atoms with Crippen molar-refractivity contribution < 1.29 is 9.53 Å². The first kappa shape index (κ1) is 24.2. The lowest BCUT2D eigenvalue weighted by molar-refractivity contribution is -0.125. The van der Waals surface area contributed by atoms with Crippen LogP contribution < -0.4 is 21.5 Å². The first-order valence-electron chi connectivity index (χ1n) is 12.0. The fourth-order valence-corrected chi connectivity index (χ4v) is 5.39. The molecule has 11 heteroatoms. The average Bonchev–Trinajstić information content (AvgIpc) is 3.31. The van der Waals surface area contributed by atoms with Gasteiger partial charge in [0.2, 0.25) is 5.91 Å². The lowest BCUT2D eigenvalue weighted by Gasteiger charge is -2.36. The van der Waals surface area contributed by atoms with E-state index in [1.54, 1.807) is 19.5 Å². The number of aromatic nitrogens is 5. The summed E-state index contributed by atoms with van der Waals surface area (Å²) in [4.78, 5) is 17.5. The van der Waals surface area contributed by atoms with E-state index in [1.807, 2.05) is 29.8 Å². The first-order chi connectivity index (χ1) is 17.4. The molecular formula is C25H29ClN8O2. The van der Waals surface area contributed by atoms with E-state index in [9.17, 15) is 4.79 Å². The molecule has 0 aliphatic heterocycles. The Hall–Kier alpha value is -3.50.